The van der Waals surface area contributed by atoms with E-state index in [9.17, 15) is 9.90 Å². The molecule has 0 fully saturated rings. The first-order valence-corrected chi connectivity index (χ1v) is 6.10. The summed E-state index contributed by atoms with van der Waals surface area (Å²) in [7, 11) is 1.54. The SMILES string of the molecule is COc1cc(C[NH2+]C[C@@H](C)O)ccc1OCC(N)=O. The Bertz CT molecular complexity index is 421. The van der Waals surface area contributed by atoms with Crippen LogP contribution in [0.2, 0.25) is 0 Å². The average molecular weight is 269 g/mol. The molecule has 0 aliphatic heterocycles. The molecule has 1 rings (SSSR count). The lowest BCUT2D eigenvalue weighted by molar-refractivity contribution is -0.676. The molecule has 19 heavy (non-hydrogen) atoms. The van der Waals surface area contributed by atoms with E-state index >= 15 is 0 Å². The van der Waals surface area contributed by atoms with Crippen LogP contribution >= 0.6 is 0 Å². The van der Waals surface area contributed by atoms with Gasteiger partial charge in [-0.05, 0) is 25.1 Å². The van der Waals surface area contributed by atoms with Gasteiger partial charge < -0.3 is 25.6 Å². The van der Waals surface area contributed by atoms with Crippen molar-refractivity contribution in [2.24, 2.45) is 5.73 Å². The van der Waals surface area contributed by atoms with Crippen molar-refractivity contribution in [2.75, 3.05) is 20.3 Å². The first-order chi connectivity index (χ1) is 9.02. The number of nitrogens with two attached hydrogens (primary N) is 2. The molecule has 1 aromatic carbocycles. The fourth-order valence-corrected chi connectivity index (χ4v) is 1.60. The number of benzene rings is 1. The number of amides is 1. The van der Waals surface area contributed by atoms with Crippen LogP contribution in [0.15, 0.2) is 18.2 Å². The van der Waals surface area contributed by atoms with Gasteiger partial charge in [0.2, 0.25) is 0 Å². The lowest BCUT2D eigenvalue weighted by atomic mass is 10.2. The van der Waals surface area contributed by atoms with Crippen LogP contribution in [0.4, 0.5) is 0 Å². The number of quaternary nitrogens is 1. The summed E-state index contributed by atoms with van der Waals surface area (Å²) in [6.45, 7) is 2.95. The number of ether oxygens (including phenoxy) is 2. The molecule has 0 unspecified atom stereocenters. The number of hydrogen-bond donors (Lipinski definition) is 3. The third-order valence-corrected chi connectivity index (χ3v) is 2.49. The van der Waals surface area contributed by atoms with Crippen LogP contribution in [0.1, 0.15) is 12.5 Å². The quantitative estimate of drug-likeness (QED) is 0.564. The van der Waals surface area contributed by atoms with E-state index < -0.39 is 5.91 Å². The zero-order chi connectivity index (χ0) is 14.3. The van der Waals surface area contributed by atoms with Crippen LogP contribution < -0.4 is 20.5 Å². The zero-order valence-corrected chi connectivity index (χ0v) is 11.3. The summed E-state index contributed by atoms with van der Waals surface area (Å²) >= 11 is 0. The fourth-order valence-electron chi connectivity index (χ4n) is 1.60. The Morgan fingerprint density at radius 1 is 1.47 bits per heavy atom. The van der Waals surface area contributed by atoms with E-state index in [0.717, 1.165) is 12.1 Å². The molecule has 1 atom stereocenters. The van der Waals surface area contributed by atoms with Gasteiger partial charge in [0.1, 0.15) is 13.1 Å². The topological polar surface area (TPSA) is 98.4 Å². The summed E-state index contributed by atoms with van der Waals surface area (Å²) < 4.78 is 10.4. The fraction of sp³-hybridized carbons (Fsp3) is 0.462. The molecule has 6 nitrogen and oxygen atoms in total. The van der Waals surface area contributed by atoms with Crippen LogP contribution in [0.5, 0.6) is 11.5 Å². The Morgan fingerprint density at radius 3 is 2.79 bits per heavy atom. The highest BCUT2D eigenvalue weighted by Crippen LogP contribution is 2.27. The third kappa shape index (κ3) is 5.58. The maximum atomic E-state index is 10.7. The Morgan fingerprint density at radius 2 is 2.21 bits per heavy atom. The number of methoxy groups -OCH3 is 1. The van der Waals surface area contributed by atoms with Crippen molar-refractivity contribution >= 4 is 5.91 Å². The second-order valence-electron chi connectivity index (χ2n) is 4.32. The summed E-state index contributed by atoms with van der Waals surface area (Å²) in [5.74, 6) is 0.515. The maximum absolute atomic E-state index is 10.7. The number of aliphatic hydroxyl groups excluding tert-OH is 1. The van der Waals surface area contributed by atoms with Gasteiger partial charge >= 0.3 is 0 Å². The van der Waals surface area contributed by atoms with Gasteiger partial charge in [-0.3, -0.25) is 4.79 Å². The third-order valence-electron chi connectivity index (χ3n) is 2.49. The first-order valence-electron chi connectivity index (χ1n) is 6.10. The van der Waals surface area contributed by atoms with E-state index in [-0.39, 0.29) is 12.7 Å². The van der Waals surface area contributed by atoms with E-state index in [1.54, 1.807) is 13.0 Å². The smallest absolute Gasteiger partial charge is 0.255 e. The van der Waals surface area contributed by atoms with Crippen molar-refractivity contribution in [3.8, 4) is 11.5 Å². The molecule has 0 bridgehead atoms. The Hall–Kier alpha value is -1.79. The first kappa shape index (κ1) is 15.3. The van der Waals surface area contributed by atoms with Gasteiger partial charge in [0.25, 0.3) is 5.91 Å². The average Bonchev–Trinajstić information content (AvgIpc) is 2.36. The van der Waals surface area contributed by atoms with Gasteiger partial charge in [-0.15, -0.1) is 0 Å². The number of aliphatic hydroxyl groups is 1. The molecule has 0 saturated carbocycles. The van der Waals surface area contributed by atoms with Crippen LogP contribution in [-0.2, 0) is 11.3 Å². The largest absolute Gasteiger partial charge is 0.493 e. The highest BCUT2D eigenvalue weighted by molar-refractivity contribution is 5.75. The minimum Gasteiger partial charge on any atom is -0.493 e. The predicted octanol–water partition coefficient (Wildman–Crippen LogP) is -0.996. The Balaban J connectivity index is 2.64. The van der Waals surface area contributed by atoms with E-state index in [4.69, 9.17) is 15.2 Å². The number of rotatable bonds is 8. The van der Waals surface area contributed by atoms with Crippen LogP contribution in [0, 0.1) is 0 Å². The monoisotopic (exact) mass is 269 g/mol. The van der Waals surface area contributed by atoms with Gasteiger partial charge in [0.05, 0.1) is 13.2 Å². The second kappa shape index (κ2) is 7.60. The van der Waals surface area contributed by atoms with Crippen LogP contribution in [-0.4, -0.2) is 37.4 Å². The molecule has 6 heteroatoms. The zero-order valence-electron chi connectivity index (χ0n) is 11.3. The molecule has 106 valence electrons. The lowest BCUT2D eigenvalue weighted by Crippen LogP contribution is -2.84. The highest BCUT2D eigenvalue weighted by Gasteiger charge is 2.08. The van der Waals surface area contributed by atoms with Crippen LogP contribution in [0.3, 0.4) is 0 Å². The Kier molecular flexibility index (Phi) is 6.11. The molecule has 0 aliphatic carbocycles. The summed E-state index contributed by atoms with van der Waals surface area (Å²) in [4.78, 5) is 10.7. The molecule has 0 aromatic heterocycles. The molecule has 5 N–H and O–H groups in total. The van der Waals surface area contributed by atoms with Gasteiger partial charge in [0, 0.05) is 5.56 Å². The van der Waals surface area contributed by atoms with Gasteiger partial charge in [-0.1, -0.05) is 0 Å². The van der Waals surface area contributed by atoms with Crippen molar-refractivity contribution in [3.63, 3.8) is 0 Å². The molecule has 1 aromatic rings. The number of primary amides is 1. The van der Waals surface area contributed by atoms with Crippen molar-refractivity contribution in [3.05, 3.63) is 23.8 Å². The molecular weight excluding hydrogens is 248 g/mol. The van der Waals surface area contributed by atoms with Crippen molar-refractivity contribution in [1.29, 1.82) is 0 Å². The molecular formula is C13H21N2O4+. The maximum Gasteiger partial charge on any atom is 0.255 e. The molecule has 0 aliphatic rings. The van der Waals surface area contributed by atoms with Crippen molar-refractivity contribution in [2.45, 2.75) is 19.6 Å². The normalized spacial score (nSPS) is 11.9. The minimum atomic E-state index is -0.531. The van der Waals surface area contributed by atoms with Gasteiger partial charge in [0.15, 0.2) is 18.1 Å². The van der Waals surface area contributed by atoms with Crippen molar-refractivity contribution in [1.82, 2.24) is 0 Å². The lowest BCUT2D eigenvalue weighted by Gasteiger charge is -2.11. The van der Waals surface area contributed by atoms with E-state index in [1.807, 2.05) is 17.4 Å². The molecule has 0 spiro atoms. The summed E-state index contributed by atoms with van der Waals surface area (Å²) in [5, 5.41) is 11.2. The van der Waals surface area contributed by atoms with Gasteiger partial charge in [-0.25, -0.2) is 0 Å². The second-order valence-corrected chi connectivity index (χ2v) is 4.32. The van der Waals surface area contributed by atoms with Crippen molar-refractivity contribution < 1.29 is 24.7 Å². The molecule has 0 heterocycles. The van der Waals surface area contributed by atoms with E-state index in [2.05, 4.69) is 0 Å². The summed E-state index contributed by atoms with van der Waals surface area (Å²) in [6, 6.07) is 5.47. The van der Waals surface area contributed by atoms with Crippen LogP contribution in [0.25, 0.3) is 0 Å². The Labute approximate surface area is 112 Å². The highest BCUT2D eigenvalue weighted by atomic mass is 16.5. The number of carbonyl (C=O) groups is 1. The standard InChI is InChI=1S/C13H20N2O4/c1-9(16)6-15-7-10-3-4-11(12(5-10)18-2)19-8-13(14)17/h3-5,9,15-16H,6-8H2,1-2H3,(H2,14,17)/p+1/t9-/m1/s1. The number of carbonyl (C=O) groups excluding carboxylic acids is 1. The van der Waals surface area contributed by atoms with E-state index in [1.165, 1.54) is 7.11 Å². The van der Waals surface area contributed by atoms with Gasteiger partial charge in [-0.2, -0.15) is 0 Å². The number of hydrogen-bond acceptors (Lipinski definition) is 4. The molecule has 0 saturated heterocycles. The minimum absolute atomic E-state index is 0.177. The predicted molar refractivity (Wildman–Crippen MR) is 69.9 cm³/mol. The summed E-state index contributed by atoms with van der Waals surface area (Å²) in [5.41, 5.74) is 6.07. The molecule has 1 amide bonds. The molecule has 0 radical (unpaired) electrons. The van der Waals surface area contributed by atoms with E-state index in [0.29, 0.717) is 18.0 Å². The summed E-state index contributed by atoms with van der Waals surface area (Å²) in [6.07, 6.45) is -0.333.